The lowest BCUT2D eigenvalue weighted by molar-refractivity contribution is -0.383. The largest absolute Gasteiger partial charge is 0.492 e. The van der Waals surface area contributed by atoms with Crippen molar-refractivity contribution < 1.29 is 9.66 Å². The quantitative estimate of drug-likeness (QED) is 0.469. The molecule has 0 N–H and O–H groups in total. The first-order valence-corrected chi connectivity index (χ1v) is 5.40. The predicted octanol–water partition coefficient (Wildman–Crippen LogP) is 3.04. The van der Waals surface area contributed by atoms with Crippen molar-refractivity contribution in [3.05, 3.63) is 46.5 Å². The Morgan fingerprint density at radius 1 is 1.22 bits per heavy atom. The van der Waals surface area contributed by atoms with Crippen molar-refractivity contribution in [1.82, 2.24) is 0 Å². The number of hydrogen-bond acceptors (Lipinski definition) is 4. The van der Waals surface area contributed by atoms with Crippen molar-refractivity contribution in [2.75, 3.05) is 6.61 Å². The van der Waals surface area contributed by atoms with Gasteiger partial charge in [0.05, 0.1) is 22.8 Å². The van der Waals surface area contributed by atoms with E-state index in [1.165, 1.54) is 6.07 Å². The van der Waals surface area contributed by atoms with Gasteiger partial charge in [0.25, 0.3) is 5.69 Å². The SMILES string of the molecule is N#CCCOc1ccc([N+](=O)[O-])c2ccccc12. The van der Waals surface area contributed by atoms with Crippen LogP contribution in [-0.4, -0.2) is 11.5 Å². The zero-order valence-corrected chi connectivity index (χ0v) is 9.50. The van der Waals surface area contributed by atoms with Gasteiger partial charge in [-0.1, -0.05) is 18.2 Å². The van der Waals surface area contributed by atoms with E-state index in [9.17, 15) is 10.1 Å². The van der Waals surface area contributed by atoms with Gasteiger partial charge >= 0.3 is 0 Å². The molecule has 0 aliphatic heterocycles. The highest BCUT2D eigenvalue weighted by Gasteiger charge is 2.14. The first-order valence-electron chi connectivity index (χ1n) is 5.40. The summed E-state index contributed by atoms with van der Waals surface area (Å²) < 4.78 is 5.45. The maximum Gasteiger partial charge on any atom is 0.277 e. The van der Waals surface area contributed by atoms with Crippen LogP contribution in [-0.2, 0) is 0 Å². The average molecular weight is 242 g/mol. The number of hydrogen-bond donors (Lipinski definition) is 0. The second kappa shape index (κ2) is 5.15. The first kappa shape index (κ1) is 11.9. The molecule has 0 saturated heterocycles. The van der Waals surface area contributed by atoms with Crippen LogP contribution >= 0.6 is 0 Å². The van der Waals surface area contributed by atoms with Crippen LogP contribution in [0.1, 0.15) is 6.42 Å². The summed E-state index contributed by atoms with van der Waals surface area (Å²) in [5, 5.41) is 20.6. The molecule has 0 radical (unpaired) electrons. The van der Waals surface area contributed by atoms with Gasteiger partial charge in [-0.05, 0) is 12.1 Å². The normalized spacial score (nSPS) is 9.94. The Morgan fingerprint density at radius 2 is 1.94 bits per heavy atom. The summed E-state index contributed by atoms with van der Waals surface area (Å²) in [4.78, 5) is 10.5. The Bertz CT molecular complexity index is 632. The minimum absolute atomic E-state index is 0.0539. The molecule has 0 fully saturated rings. The molecule has 90 valence electrons. The third-order valence-corrected chi connectivity index (χ3v) is 2.53. The van der Waals surface area contributed by atoms with Crippen molar-refractivity contribution in [2.24, 2.45) is 0 Å². The smallest absolute Gasteiger partial charge is 0.277 e. The molecule has 2 rings (SSSR count). The van der Waals surface area contributed by atoms with E-state index in [-0.39, 0.29) is 18.7 Å². The Labute approximate surface area is 103 Å². The second-order valence-corrected chi connectivity index (χ2v) is 3.64. The van der Waals surface area contributed by atoms with Gasteiger partial charge in [-0.3, -0.25) is 10.1 Å². The van der Waals surface area contributed by atoms with E-state index in [0.29, 0.717) is 16.5 Å². The van der Waals surface area contributed by atoms with Crippen LogP contribution in [0.4, 0.5) is 5.69 Å². The molecule has 5 nitrogen and oxygen atoms in total. The molecule has 0 heterocycles. The highest BCUT2D eigenvalue weighted by atomic mass is 16.6. The van der Waals surface area contributed by atoms with Gasteiger partial charge in [0.2, 0.25) is 0 Å². The summed E-state index contributed by atoms with van der Waals surface area (Å²) in [6.07, 6.45) is 0.283. The highest BCUT2D eigenvalue weighted by molar-refractivity contribution is 5.95. The van der Waals surface area contributed by atoms with Crippen LogP contribution in [0, 0.1) is 21.4 Å². The summed E-state index contributed by atoms with van der Waals surface area (Å²) in [6, 6.07) is 12.0. The molecule has 0 aromatic heterocycles. The zero-order chi connectivity index (χ0) is 13.0. The van der Waals surface area contributed by atoms with Crippen molar-refractivity contribution in [2.45, 2.75) is 6.42 Å². The maximum atomic E-state index is 10.9. The number of ether oxygens (including phenoxy) is 1. The number of nitro groups is 1. The zero-order valence-electron chi connectivity index (χ0n) is 9.50. The van der Waals surface area contributed by atoms with Crippen LogP contribution in [0.5, 0.6) is 5.75 Å². The number of fused-ring (bicyclic) bond motifs is 1. The van der Waals surface area contributed by atoms with Crippen LogP contribution in [0.2, 0.25) is 0 Å². The van der Waals surface area contributed by atoms with Gasteiger partial charge in [-0.2, -0.15) is 5.26 Å². The molecule has 18 heavy (non-hydrogen) atoms. The van der Waals surface area contributed by atoms with E-state index in [0.717, 1.165) is 0 Å². The van der Waals surface area contributed by atoms with Gasteiger partial charge in [0.15, 0.2) is 0 Å². The number of nitro benzene ring substituents is 1. The van der Waals surface area contributed by atoms with Crippen molar-refractivity contribution in [1.29, 1.82) is 5.26 Å². The second-order valence-electron chi connectivity index (χ2n) is 3.64. The lowest BCUT2D eigenvalue weighted by Gasteiger charge is -2.07. The maximum absolute atomic E-state index is 10.9. The Kier molecular flexibility index (Phi) is 3.39. The van der Waals surface area contributed by atoms with Crippen LogP contribution < -0.4 is 4.74 Å². The summed E-state index contributed by atoms with van der Waals surface area (Å²) in [5.41, 5.74) is 0.0539. The predicted molar refractivity (Wildman–Crippen MR) is 66.3 cm³/mol. The van der Waals surface area contributed by atoms with Crippen molar-refractivity contribution >= 4 is 16.5 Å². The number of rotatable bonds is 4. The molecule has 0 unspecified atom stereocenters. The molecule has 2 aromatic carbocycles. The number of nitrogens with zero attached hydrogens (tertiary/aromatic N) is 2. The van der Waals surface area contributed by atoms with Crippen LogP contribution in [0.15, 0.2) is 36.4 Å². The van der Waals surface area contributed by atoms with Gasteiger partial charge in [-0.15, -0.1) is 0 Å². The average Bonchev–Trinajstić information content (AvgIpc) is 2.38. The minimum Gasteiger partial charge on any atom is -0.492 e. The van der Waals surface area contributed by atoms with Crippen LogP contribution in [0.25, 0.3) is 10.8 Å². The Morgan fingerprint density at radius 3 is 2.61 bits per heavy atom. The van der Waals surface area contributed by atoms with E-state index < -0.39 is 4.92 Å². The fourth-order valence-electron chi connectivity index (χ4n) is 1.75. The van der Waals surface area contributed by atoms with Gasteiger partial charge in [0, 0.05) is 11.5 Å². The standard InChI is InChI=1S/C13H10N2O3/c14-8-3-9-18-13-7-6-12(15(16)17)10-4-1-2-5-11(10)13/h1-2,4-7H,3,9H2. The van der Waals surface area contributed by atoms with Gasteiger partial charge in [-0.25, -0.2) is 0 Å². The molecule has 2 aromatic rings. The summed E-state index contributed by atoms with van der Waals surface area (Å²) in [6.45, 7) is 0.276. The molecule has 0 aliphatic carbocycles. The monoisotopic (exact) mass is 242 g/mol. The molecular formula is C13H10N2O3. The van der Waals surface area contributed by atoms with Gasteiger partial charge in [0.1, 0.15) is 12.4 Å². The highest BCUT2D eigenvalue weighted by Crippen LogP contribution is 2.32. The molecule has 0 aliphatic rings. The molecule has 0 spiro atoms. The molecular weight excluding hydrogens is 232 g/mol. The minimum atomic E-state index is -0.415. The Balaban J connectivity index is 2.48. The Hall–Kier alpha value is -2.61. The van der Waals surface area contributed by atoms with Gasteiger partial charge < -0.3 is 4.74 Å². The van der Waals surface area contributed by atoms with Crippen LogP contribution in [0.3, 0.4) is 0 Å². The molecule has 0 atom stereocenters. The molecule has 0 amide bonds. The van der Waals surface area contributed by atoms with Crippen molar-refractivity contribution in [3.8, 4) is 11.8 Å². The number of non-ortho nitro benzene ring substituents is 1. The molecule has 0 saturated carbocycles. The summed E-state index contributed by atoms with van der Waals surface area (Å²) >= 11 is 0. The lowest BCUT2D eigenvalue weighted by atomic mass is 10.1. The molecule has 0 bridgehead atoms. The summed E-state index contributed by atoms with van der Waals surface area (Å²) in [5.74, 6) is 0.562. The third-order valence-electron chi connectivity index (χ3n) is 2.53. The first-order chi connectivity index (χ1) is 8.74. The number of benzene rings is 2. The third kappa shape index (κ3) is 2.23. The van der Waals surface area contributed by atoms with E-state index >= 15 is 0 Å². The van der Waals surface area contributed by atoms with Crippen molar-refractivity contribution in [3.63, 3.8) is 0 Å². The van der Waals surface area contributed by atoms with E-state index in [2.05, 4.69) is 0 Å². The topological polar surface area (TPSA) is 76.2 Å². The fraction of sp³-hybridized carbons (Fsp3) is 0.154. The summed E-state index contributed by atoms with van der Waals surface area (Å²) in [7, 11) is 0. The fourth-order valence-corrected chi connectivity index (χ4v) is 1.75. The lowest BCUT2D eigenvalue weighted by Crippen LogP contribution is -1.97. The number of nitriles is 1. The van der Waals surface area contributed by atoms with E-state index in [4.69, 9.17) is 10.00 Å². The molecule has 5 heteroatoms. The van der Waals surface area contributed by atoms with E-state index in [1.54, 1.807) is 30.3 Å². The van der Waals surface area contributed by atoms with E-state index in [1.807, 2.05) is 6.07 Å².